The molecule has 182 valence electrons. The summed E-state index contributed by atoms with van der Waals surface area (Å²) < 4.78 is 20.7. The number of aliphatic hydroxyl groups excluding tert-OH is 1. The van der Waals surface area contributed by atoms with E-state index in [1.54, 1.807) is 31.5 Å². The Bertz CT molecular complexity index is 1070. The SMILES string of the molecule is C\N=C/C(=C\N=C\CO)c1ccc2ncc(N)cc2c1OCC(F)CNC(=O)C1CCCCN1. The fraction of sp³-hybridized carbons (Fsp3) is 0.417. The predicted octanol–water partition coefficient (Wildman–Crippen LogP) is 1.90. The van der Waals surface area contributed by atoms with E-state index in [2.05, 4.69) is 25.6 Å². The molecule has 0 spiro atoms. The number of carbonyl (C=O) groups excluding carboxylic acids is 1. The number of halogens is 1. The Morgan fingerprint density at radius 3 is 3.06 bits per heavy atom. The highest BCUT2D eigenvalue weighted by atomic mass is 19.1. The summed E-state index contributed by atoms with van der Waals surface area (Å²) in [5.74, 6) is 0.182. The monoisotopic (exact) mass is 470 g/mol. The third kappa shape index (κ3) is 6.82. The van der Waals surface area contributed by atoms with Crippen molar-refractivity contribution in [1.82, 2.24) is 15.6 Å². The molecule has 2 unspecified atom stereocenters. The number of hydrogen-bond acceptors (Lipinski definition) is 8. The molecule has 1 saturated heterocycles. The van der Waals surface area contributed by atoms with E-state index in [-0.39, 0.29) is 31.7 Å². The molecule has 9 nitrogen and oxygen atoms in total. The van der Waals surface area contributed by atoms with Gasteiger partial charge in [0.25, 0.3) is 0 Å². The van der Waals surface area contributed by atoms with E-state index in [9.17, 15) is 9.18 Å². The average Bonchev–Trinajstić information content (AvgIpc) is 2.86. The van der Waals surface area contributed by atoms with Crippen LogP contribution in [0.4, 0.5) is 10.1 Å². The third-order valence-corrected chi connectivity index (χ3v) is 5.35. The van der Waals surface area contributed by atoms with Gasteiger partial charge in [0.1, 0.15) is 12.4 Å². The van der Waals surface area contributed by atoms with Crippen LogP contribution in [0.15, 0.2) is 40.6 Å². The molecule has 1 aromatic heterocycles. The first-order chi connectivity index (χ1) is 16.5. The molecule has 2 heterocycles. The summed E-state index contributed by atoms with van der Waals surface area (Å²) in [7, 11) is 1.62. The van der Waals surface area contributed by atoms with E-state index in [1.807, 2.05) is 0 Å². The first kappa shape index (κ1) is 25.3. The van der Waals surface area contributed by atoms with Gasteiger partial charge in [-0.3, -0.25) is 19.8 Å². The first-order valence-corrected chi connectivity index (χ1v) is 11.2. The molecule has 10 heteroatoms. The molecule has 2 aromatic rings. The Hall–Kier alpha value is -3.37. The van der Waals surface area contributed by atoms with E-state index >= 15 is 0 Å². The molecule has 0 radical (unpaired) electrons. The predicted molar refractivity (Wildman–Crippen MR) is 133 cm³/mol. The molecular formula is C24H31FN6O3. The summed E-state index contributed by atoms with van der Waals surface area (Å²) in [6.07, 6.45) is 7.34. The maximum absolute atomic E-state index is 14.7. The van der Waals surface area contributed by atoms with Crippen LogP contribution in [0.2, 0.25) is 0 Å². The molecule has 0 bridgehead atoms. The summed E-state index contributed by atoms with van der Waals surface area (Å²) in [5, 5.41) is 15.4. The van der Waals surface area contributed by atoms with Crippen molar-refractivity contribution in [3.05, 3.63) is 36.2 Å². The number of carbonyl (C=O) groups is 1. The molecule has 2 atom stereocenters. The Balaban J connectivity index is 1.80. The van der Waals surface area contributed by atoms with Crippen molar-refractivity contribution in [3.63, 3.8) is 0 Å². The maximum atomic E-state index is 14.7. The Morgan fingerprint density at radius 2 is 2.32 bits per heavy atom. The van der Waals surface area contributed by atoms with Crippen molar-refractivity contribution < 1.29 is 19.0 Å². The van der Waals surface area contributed by atoms with Gasteiger partial charge in [0.05, 0.1) is 36.6 Å². The summed E-state index contributed by atoms with van der Waals surface area (Å²) in [6.45, 7) is 0.147. The fourth-order valence-electron chi connectivity index (χ4n) is 3.71. The van der Waals surface area contributed by atoms with E-state index in [0.29, 0.717) is 33.5 Å². The number of rotatable bonds is 10. The van der Waals surface area contributed by atoms with Crippen LogP contribution in [0.5, 0.6) is 5.75 Å². The minimum Gasteiger partial charge on any atom is -0.489 e. The highest BCUT2D eigenvalue weighted by Crippen LogP contribution is 2.34. The molecule has 3 rings (SSSR count). The molecule has 34 heavy (non-hydrogen) atoms. The van der Waals surface area contributed by atoms with Gasteiger partial charge >= 0.3 is 0 Å². The number of pyridine rings is 1. The number of aliphatic hydroxyl groups is 1. The minimum atomic E-state index is -1.43. The van der Waals surface area contributed by atoms with Crippen LogP contribution in [-0.4, -0.2) is 74.0 Å². The van der Waals surface area contributed by atoms with Gasteiger partial charge in [-0.05, 0) is 37.6 Å². The van der Waals surface area contributed by atoms with Crippen molar-refractivity contribution in [1.29, 1.82) is 0 Å². The normalized spacial score (nSPS) is 18.0. The molecule has 1 aromatic carbocycles. The molecule has 1 amide bonds. The van der Waals surface area contributed by atoms with Gasteiger partial charge in [0.15, 0.2) is 6.17 Å². The molecule has 5 N–H and O–H groups in total. The van der Waals surface area contributed by atoms with Gasteiger partial charge < -0.3 is 26.2 Å². The highest BCUT2D eigenvalue weighted by molar-refractivity contribution is 6.12. The number of piperidine rings is 1. The van der Waals surface area contributed by atoms with Gasteiger partial charge in [-0.2, -0.15) is 0 Å². The van der Waals surface area contributed by atoms with Crippen LogP contribution in [0.1, 0.15) is 24.8 Å². The first-order valence-electron chi connectivity index (χ1n) is 11.2. The Kier molecular flexibility index (Phi) is 9.48. The lowest BCUT2D eigenvalue weighted by Gasteiger charge is -2.23. The largest absolute Gasteiger partial charge is 0.489 e. The second-order valence-electron chi connectivity index (χ2n) is 7.92. The molecule has 1 aliphatic heterocycles. The van der Waals surface area contributed by atoms with Gasteiger partial charge in [0, 0.05) is 42.2 Å². The van der Waals surface area contributed by atoms with Crippen molar-refractivity contribution >= 4 is 40.5 Å². The number of nitrogens with two attached hydrogens (primary N) is 1. The second kappa shape index (κ2) is 12.8. The number of ether oxygens (including phenoxy) is 1. The minimum absolute atomic E-state index is 0.155. The number of nitrogens with zero attached hydrogens (tertiary/aromatic N) is 3. The van der Waals surface area contributed by atoms with Crippen molar-refractivity contribution in [3.8, 4) is 5.75 Å². The number of benzene rings is 1. The smallest absolute Gasteiger partial charge is 0.237 e. The number of hydrogen-bond donors (Lipinski definition) is 4. The zero-order valence-corrected chi connectivity index (χ0v) is 19.2. The average molecular weight is 471 g/mol. The number of anilines is 1. The zero-order valence-electron chi connectivity index (χ0n) is 19.2. The van der Waals surface area contributed by atoms with Crippen LogP contribution < -0.4 is 21.1 Å². The molecule has 0 saturated carbocycles. The van der Waals surface area contributed by atoms with Crippen LogP contribution in [-0.2, 0) is 4.79 Å². The lowest BCUT2D eigenvalue weighted by atomic mass is 10.0. The van der Waals surface area contributed by atoms with Crippen molar-refractivity contribution in [2.45, 2.75) is 31.5 Å². The molecule has 1 aliphatic rings. The standard InChI is InChI=1S/C24H31FN6O3/c1-27-11-16(12-28-8-9-32)19-5-6-21-20(10-18(26)14-30-21)23(19)34-15-17(25)13-31-24(33)22-4-2-3-7-29-22/h5-6,8,10-12,14,17,22,29,32H,2-4,7,9,13,15,26H2,1H3,(H,31,33)/b16-12+,27-11-,28-8+. The molecular weight excluding hydrogens is 439 g/mol. The van der Waals surface area contributed by atoms with Gasteiger partial charge in [0.2, 0.25) is 5.91 Å². The van der Waals surface area contributed by atoms with E-state index in [1.165, 1.54) is 18.6 Å². The van der Waals surface area contributed by atoms with Crippen LogP contribution >= 0.6 is 0 Å². The highest BCUT2D eigenvalue weighted by Gasteiger charge is 2.22. The number of allylic oxidation sites excluding steroid dienone is 1. The maximum Gasteiger partial charge on any atom is 0.237 e. The summed E-state index contributed by atoms with van der Waals surface area (Å²) in [6, 6.07) is 5.02. The van der Waals surface area contributed by atoms with Gasteiger partial charge in [-0.1, -0.05) is 6.42 Å². The third-order valence-electron chi connectivity index (χ3n) is 5.35. The lowest BCUT2D eigenvalue weighted by Crippen LogP contribution is -2.48. The fourth-order valence-corrected chi connectivity index (χ4v) is 3.71. The van der Waals surface area contributed by atoms with E-state index < -0.39 is 6.17 Å². The number of aromatic nitrogens is 1. The zero-order chi connectivity index (χ0) is 24.3. The van der Waals surface area contributed by atoms with Crippen LogP contribution in [0.3, 0.4) is 0 Å². The number of fused-ring (bicyclic) bond motifs is 1. The Morgan fingerprint density at radius 1 is 1.47 bits per heavy atom. The number of nitrogen functional groups attached to an aromatic ring is 1. The Labute approximate surface area is 198 Å². The van der Waals surface area contributed by atoms with Crippen LogP contribution in [0.25, 0.3) is 16.5 Å². The van der Waals surface area contributed by atoms with Gasteiger partial charge in [-0.15, -0.1) is 0 Å². The summed E-state index contributed by atoms with van der Waals surface area (Å²) >= 11 is 0. The van der Waals surface area contributed by atoms with Crippen molar-refractivity contribution in [2.75, 3.05) is 39.1 Å². The number of nitrogens with one attached hydrogen (secondary N) is 2. The quantitative estimate of drug-likeness (QED) is 0.392. The van der Waals surface area contributed by atoms with Crippen LogP contribution in [0, 0.1) is 0 Å². The lowest BCUT2D eigenvalue weighted by molar-refractivity contribution is -0.124. The topological polar surface area (TPSA) is 134 Å². The van der Waals surface area contributed by atoms with E-state index in [0.717, 1.165) is 25.8 Å². The molecule has 1 fully saturated rings. The molecule has 0 aliphatic carbocycles. The van der Waals surface area contributed by atoms with Gasteiger partial charge in [-0.25, -0.2) is 4.39 Å². The second-order valence-corrected chi connectivity index (χ2v) is 7.92. The number of alkyl halides is 1. The summed E-state index contributed by atoms with van der Waals surface area (Å²) in [5.41, 5.74) is 8.22. The van der Waals surface area contributed by atoms with E-state index in [4.69, 9.17) is 15.6 Å². The summed E-state index contributed by atoms with van der Waals surface area (Å²) in [4.78, 5) is 24.7. The number of aliphatic imine (C=N–C) groups is 2. The number of amides is 1. The van der Waals surface area contributed by atoms with Crippen molar-refractivity contribution in [2.24, 2.45) is 9.98 Å².